The molecule has 0 radical (unpaired) electrons. The molecule has 1 amide bonds. The standard InChI is InChI=1S/C14H19N3O4/c1-16-9-11(8-15-16)3-4-13(18)17-5-6-21-12(10-17)7-14(19)20-2/h3-4,8-9,12H,5-7,10H2,1-2H3/b4-3+. The number of rotatable bonds is 4. The Bertz CT molecular complexity index is 538. The van der Waals surface area contributed by atoms with Gasteiger partial charge in [-0.15, -0.1) is 0 Å². The first-order valence-corrected chi connectivity index (χ1v) is 6.72. The van der Waals surface area contributed by atoms with Gasteiger partial charge in [0.2, 0.25) is 5.91 Å². The molecule has 1 aromatic heterocycles. The topological polar surface area (TPSA) is 73.7 Å². The number of carbonyl (C=O) groups is 2. The van der Waals surface area contributed by atoms with Crippen molar-refractivity contribution in [3.05, 3.63) is 24.0 Å². The van der Waals surface area contributed by atoms with Crippen LogP contribution in [0, 0.1) is 0 Å². The van der Waals surface area contributed by atoms with Gasteiger partial charge < -0.3 is 14.4 Å². The van der Waals surface area contributed by atoms with Crippen molar-refractivity contribution >= 4 is 18.0 Å². The minimum absolute atomic E-state index is 0.1000. The number of esters is 1. The summed E-state index contributed by atoms with van der Waals surface area (Å²) in [5.41, 5.74) is 0.866. The number of morpholine rings is 1. The van der Waals surface area contributed by atoms with Gasteiger partial charge in [0, 0.05) is 38.0 Å². The monoisotopic (exact) mass is 293 g/mol. The van der Waals surface area contributed by atoms with Gasteiger partial charge in [-0.05, 0) is 6.08 Å². The quantitative estimate of drug-likeness (QED) is 0.586. The van der Waals surface area contributed by atoms with Gasteiger partial charge in [0.15, 0.2) is 0 Å². The van der Waals surface area contributed by atoms with Crippen LogP contribution in [0.15, 0.2) is 18.5 Å². The predicted molar refractivity (Wildman–Crippen MR) is 75.2 cm³/mol. The molecule has 1 saturated heterocycles. The molecule has 7 nitrogen and oxygen atoms in total. The van der Waals surface area contributed by atoms with Crippen molar-refractivity contribution < 1.29 is 19.1 Å². The Morgan fingerprint density at radius 2 is 2.38 bits per heavy atom. The lowest BCUT2D eigenvalue weighted by Crippen LogP contribution is -2.45. The Hall–Kier alpha value is -2.15. The van der Waals surface area contributed by atoms with Crippen LogP contribution in [0.1, 0.15) is 12.0 Å². The maximum absolute atomic E-state index is 12.1. The zero-order chi connectivity index (χ0) is 15.2. The van der Waals surface area contributed by atoms with Crippen molar-refractivity contribution in [1.82, 2.24) is 14.7 Å². The summed E-state index contributed by atoms with van der Waals surface area (Å²) in [7, 11) is 3.16. The highest BCUT2D eigenvalue weighted by Gasteiger charge is 2.25. The highest BCUT2D eigenvalue weighted by atomic mass is 16.5. The van der Waals surface area contributed by atoms with Gasteiger partial charge in [-0.25, -0.2) is 0 Å². The summed E-state index contributed by atoms with van der Waals surface area (Å²) in [5, 5.41) is 4.03. The Kier molecular flexibility index (Phi) is 5.10. The van der Waals surface area contributed by atoms with Crippen molar-refractivity contribution in [3.63, 3.8) is 0 Å². The normalized spacial score (nSPS) is 19.0. The lowest BCUT2D eigenvalue weighted by molar-refractivity contribution is -0.148. The predicted octanol–water partition coefficient (Wildman–Crippen LogP) is 0.224. The van der Waals surface area contributed by atoms with Crippen molar-refractivity contribution in [3.8, 4) is 0 Å². The second-order valence-electron chi connectivity index (χ2n) is 4.84. The van der Waals surface area contributed by atoms with Crippen LogP contribution >= 0.6 is 0 Å². The molecule has 0 N–H and O–H groups in total. The van der Waals surface area contributed by atoms with Gasteiger partial charge in [-0.1, -0.05) is 0 Å². The molecule has 2 heterocycles. The van der Waals surface area contributed by atoms with Gasteiger partial charge in [-0.3, -0.25) is 14.3 Å². The van der Waals surface area contributed by atoms with Crippen LogP contribution in [0.25, 0.3) is 6.08 Å². The molecule has 1 aromatic rings. The fourth-order valence-electron chi connectivity index (χ4n) is 2.11. The van der Waals surface area contributed by atoms with Crippen LogP contribution in [-0.2, 0) is 26.1 Å². The Morgan fingerprint density at radius 3 is 3.05 bits per heavy atom. The van der Waals surface area contributed by atoms with E-state index in [0.29, 0.717) is 19.7 Å². The Balaban J connectivity index is 1.89. The SMILES string of the molecule is COC(=O)CC1CN(C(=O)/C=C/c2cnn(C)c2)CCO1. The molecule has 0 bridgehead atoms. The van der Waals surface area contributed by atoms with E-state index in [2.05, 4.69) is 9.84 Å². The van der Waals surface area contributed by atoms with Crippen LogP contribution < -0.4 is 0 Å². The zero-order valence-corrected chi connectivity index (χ0v) is 12.2. The minimum atomic E-state index is -0.333. The summed E-state index contributed by atoms with van der Waals surface area (Å²) >= 11 is 0. The number of amides is 1. The highest BCUT2D eigenvalue weighted by molar-refractivity contribution is 5.91. The fraction of sp³-hybridized carbons (Fsp3) is 0.500. The Morgan fingerprint density at radius 1 is 1.57 bits per heavy atom. The molecule has 21 heavy (non-hydrogen) atoms. The number of hydrogen-bond donors (Lipinski definition) is 0. The first-order valence-electron chi connectivity index (χ1n) is 6.72. The van der Waals surface area contributed by atoms with Crippen LogP contribution in [0.4, 0.5) is 0 Å². The van der Waals surface area contributed by atoms with Crippen molar-refractivity contribution in [1.29, 1.82) is 0 Å². The van der Waals surface area contributed by atoms with E-state index < -0.39 is 0 Å². The highest BCUT2D eigenvalue weighted by Crippen LogP contribution is 2.10. The fourth-order valence-corrected chi connectivity index (χ4v) is 2.11. The number of carbonyl (C=O) groups excluding carboxylic acids is 2. The van der Waals surface area contributed by atoms with E-state index in [0.717, 1.165) is 5.56 Å². The van der Waals surface area contributed by atoms with E-state index in [4.69, 9.17) is 4.74 Å². The lowest BCUT2D eigenvalue weighted by Gasteiger charge is -2.31. The van der Waals surface area contributed by atoms with Crippen LogP contribution in [0.5, 0.6) is 0 Å². The minimum Gasteiger partial charge on any atom is -0.469 e. The maximum Gasteiger partial charge on any atom is 0.308 e. The average Bonchev–Trinajstić information content (AvgIpc) is 2.90. The van der Waals surface area contributed by atoms with Gasteiger partial charge in [0.05, 0.1) is 32.4 Å². The molecule has 0 saturated carbocycles. The van der Waals surface area contributed by atoms with E-state index in [1.807, 2.05) is 13.2 Å². The number of aryl methyl sites for hydroxylation is 1. The molecule has 1 aliphatic rings. The van der Waals surface area contributed by atoms with Gasteiger partial charge in [0.25, 0.3) is 0 Å². The molecule has 114 valence electrons. The van der Waals surface area contributed by atoms with E-state index in [-0.39, 0.29) is 24.4 Å². The summed E-state index contributed by atoms with van der Waals surface area (Å²) in [5.74, 6) is -0.433. The lowest BCUT2D eigenvalue weighted by atomic mass is 10.2. The number of ether oxygens (including phenoxy) is 2. The van der Waals surface area contributed by atoms with E-state index in [1.165, 1.54) is 13.2 Å². The number of hydrogen-bond acceptors (Lipinski definition) is 5. The number of nitrogens with zero attached hydrogens (tertiary/aromatic N) is 3. The first kappa shape index (κ1) is 15.2. The average molecular weight is 293 g/mol. The number of aromatic nitrogens is 2. The second-order valence-corrected chi connectivity index (χ2v) is 4.84. The van der Waals surface area contributed by atoms with Crippen molar-refractivity contribution in [2.24, 2.45) is 7.05 Å². The van der Waals surface area contributed by atoms with Crippen LogP contribution in [-0.4, -0.2) is 59.5 Å². The third-order valence-electron chi connectivity index (χ3n) is 3.22. The zero-order valence-electron chi connectivity index (χ0n) is 12.2. The van der Waals surface area contributed by atoms with E-state index in [9.17, 15) is 9.59 Å². The molecule has 0 spiro atoms. The van der Waals surface area contributed by atoms with Crippen molar-refractivity contribution in [2.75, 3.05) is 26.8 Å². The maximum atomic E-state index is 12.1. The van der Waals surface area contributed by atoms with Gasteiger partial charge in [0.1, 0.15) is 0 Å². The summed E-state index contributed by atoms with van der Waals surface area (Å²) in [6.45, 7) is 1.34. The molecule has 0 aliphatic carbocycles. The summed E-state index contributed by atoms with van der Waals surface area (Å²) in [6, 6.07) is 0. The van der Waals surface area contributed by atoms with E-state index >= 15 is 0 Å². The molecule has 1 fully saturated rings. The molecule has 1 aliphatic heterocycles. The molecule has 1 atom stereocenters. The van der Waals surface area contributed by atoms with Crippen LogP contribution in [0.3, 0.4) is 0 Å². The first-order chi connectivity index (χ1) is 10.1. The summed E-state index contributed by atoms with van der Waals surface area (Å²) in [4.78, 5) is 25.0. The molecular weight excluding hydrogens is 274 g/mol. The largest absolute Gasteiger partial charge is 0.469 e. The molecular formula is C14H19N3O4. The summed E-state index contributed by atoms with van der Waals surface area (Å²) < 4.78 is 11.7. The van der Waals surface area contributed by atoms with Crippen molar-refractivity contribution in [2.45, 2.75) is 12.5 Å². The van der Waals surface area contributed by atoms with Gasteiger partial charge >= 0.3 is 5.97 Å². The summed E-state index contributed by atoms with van der Waals surface area (Å²) in [6.07, 6.45) is 6.60. The second kappa shape index (κ2) is 7.03. The third kappa shape index (κ3) is 4.42. The molecule has 0 aromatic carbocycles. The third-order valence-corrected chi connectivity index (χ3v) is 3.22. The van der Waals surface area contributed by atoms with Gasteiger partial charge in [-0.2, -0.15) is 5.10 Å². The molecule has 7 heteroatoms. The number of methoxy groups -OCH3 is 1. The Labute approximate surface area is 123 Å². The van der Waals surface area contributed by atoms with Crippen LogP contribution in [0.2, 0.25) is 0 Å². The molecule has 1 unspecified atom stereocenters. The smallest absolute Gasteiger partial charge is 0.308 e. The molecule has 2 rings (SSSR count). The van der Waals surface area contributed by atoms with E-state index in [1.54, 1.807) is 21.9 Å².